The van der Waals surface area contributed by atoms with Crippen LogP contribution in [0.3, 0.4) is 0 Å². The molecule has 0 spiro atoms. The van der Waals surface area contributed by atoms with Crippen LogP contribution in [0.25, 0.3) is 6.08 Å². The van der Waals surface area contributed by atoms with Crippen molar-refractivity contribution in [2.24, 2.45) is 0 Å². The first kappa shape index (κ1) is 27.3. The maximum atomic E-state index is 13.0. The van der Waals surface area contributed by atoms with E-state index < -0.39 is 11.8 Å². The Labute approximate surface area is 238 Å². The van der Waals surface area contributed by atoms with E-state index in [1.807, 2.05) is 6.92 Å². The summed E-state index contributed by atoms with van der Waals surface area (Å²) in [4.78, 5) is 25.9. The summed E-state index contributed by atoms with van der Waals surface area (Å²) in [5, 5.41) is 2.51. The molecule has 0 bridgehead atoms. The molecule has 11 heteroatoms. The molecule has 6 nitrogen and oxygen atoms in total. The highest BCUT2D eigenvalue weighted by molar-refractivity contribution is 8.26. The van der Waals surface area contributed by atoms with Crippen molar-refractivity contribution in [3.63, 3.8) is 0 Å². The van der Waals surface area contributed by atoms with E-state index in [9.17, 15) is 9.59 Å². The van der Waals surface area contributed by atoms with Crippen LogP contribution in [-0.2, 0) is 11.4 Å². The minimum Gasteiger partial charge on any atom is -0.490 e. The molecular formula is C26H19Cl3N2O4S2. The van der Waals surface area contributed by atoms with Crippen LogP contribution in [-0.4, -0.2) is 27.8 Å². The van der Waals surface area contributed by atoms with Crippen LogP contribution in [0, 0.1) is 0 Å². The molecule has 1 N–H and O–H groups in total. The molecule has 3 aromatic carbocycles. The Hall–Kier alpha value is -2.75. The Bertz CT molecular complexity index is 1410. The Balaban J connectivity index is 1.49. The van der Waals surface area contributed by atoms with Crippen LogP contribution in [0.2, 0.25) is 15.1 Å². The molecule has 3 aromatic rings. The van der Waals surface area contributed by atoms with Crippen molar-refractivity contribution in [2.45, 2.75) is 13.5 Å². The SMILES string of the molecule is CCOc1cc(/C=C2\SC(=S)N(NC(=O)c3cccc(Cl)c3)C2=O)ccc1OCc1ccc(Cl)cc1Cl. The largest absolute Gasteiger partial charge is 0.490 e. The lowest BCUT2D eigenvalue weighted by molar-refractivity contribution is -0.123. The molecule has 37 heavy (non-hydrogen) atoms. The van der Waals surface area contributed by atoms with Crippen molar-refractivity contribution in [3.05, 3.63) is 97.3 Å². The monoisotopic (exact) mass is 592 g/mol. The highest BCUT2D eigenvalue weighted by Crippen LogP contribution is 2.35. The zero-order chi connectivity index (χ0) is 26.5. The van der Waals surface area contributed by atoms with Crippen LogP contribution in [0.1, 0.15) is 28.4 Å². The Kier molecular flexibility index (Phi) is 9.00. The van der Waals surface area contributed by atoms with Gasteiger partial charge in [-0.2, -0.15) is 5.01 Å². The number of hydrogen-bond donors (Lipinski definition) is 1. The number of thioether (sulfide) groups is 1. The standard InChI is InChI=1S/C26H19Cl3N2O4S2/c1-2-34-22-10-15(6-9-21(22)35-14-17-7-8-19(28)13-20(17)29)11-23-25(33)31(26(36)37-23)30-24(32)16-4-3-5-18(27)12-16/h3-13H,2,14H2,1H3,(H,30,32)/b23-11-. The third kappa shape index (κ3) is 6.77. The quantitative estimate of drug-likeness (QED) is 0.221. The van der Waals surface area contributed by atoms with Gasteiger partial charge in [0.05, 0.1) is 11.5 Å². The van der Waals surface area contributed by atoms with Gasteiger partial charge in [-0.25, -0.2) is 0 Å². The van der Waals surface area contributed by atoms with Gasteiger partial charge < -0.3 is 9.47 Å². The lowest BCUT2D eigenvalue weighted by Crippen LogP contribution is -2.44. The molecule has 2 amide bonds. The van der Waals surface area contributed by atoms with Crippen LogP contribution in [0.4, 0.5) is 0 Å². The number of benzene rings is 3. The first-order valence-corrected chi connectivity index (χ1v) is 13.3. The summed E-state index contributed by atoms with van der Waals surface area (Å²) in [6.45, 7) is 2.50. The average molecular weight is 594 g/mol. The lowest BCUT2D eigenvalue weighted by Gasteiger charge is -2.15. The number of thiocarbonyl (C=S) groups is 1. The zero-order valence-corrected chi connectivity index (χ0v) is 23.2. The van der Waals surface area contributed by atoms with Crippen LogP contribution in [0.15, 0.2) is 65.6 Å². The molecule has 0 radical (unpaired) electrons. The summed E-state index contributed by atoms with van der Waals surface area (Å²) in [6.07, 6.45) is 1.67. The molecule has 1 saturated heterocycles. The van der Waals surface area contributed by atoms with Crippen molar-refractivity contribution >= 4 is 81.0 Å². The van der Waals surface area contributed by atoms with Gasteiger partial charge in [-0.1, -0.05) is 64.8 Å². The van der Waals surface area contributed by atoms with Crippen molar-refractivity contribution in [2.75, 3.05) is 6.61 Å². The average Bonchev–Trinajstić information content (AvgIpc) is 3.12. The van der Waals surface area contributed by atoms with Gasteiger partial charge in [0.2, 0.25) is 0 Å². The predicted octanol–water partition coefficient (Wildman–Crippen LogP) is 7.17. The second-order valence-corrected chi connectivity index (χ2v) is 10.6. The number of ether oxygens (including phenoxy) is 2. The Morgan fingerprint density at radius 3 is 2.54 bits per heavy atom. The summed E-state index contributed by atoms with van der Waals surface area (Å²) in [5.74, 6) is 0.0828. The van der Waals surface area contributed by atoms with Gasteiger partial charge in [0.25, 0.3) is 11.8 Å². The van der Waals surface area contributed by atoms with Gasteiger partial charge in [-0.15, -0.1) is 0 Å². The summed E-state index contributed by atoms with van der Waals surface area (Å²) >= 11 is 24.6. The second-order valence-electron chi connectivity index (χ2n) is 7.63. The molecule has 1 heterocycles. The fourth-order valence-electron chi connectivity index (χ4n) is 3.31. The number of nitrogens with zero attached hydrogens (tertiary/aromatic N) is 1. The number of carbonyl (C=O) groups excluding carboxylic acids is 2. The maximum absolute atomic E-state index is 13.0. The van der Waals surface area contributed by atoms with Crippen molar-refractivity contribution in [1.29, 1.82) is 0 Å². The van der Waals surface area contributed by atoms with E-state index >= 15 is 0 Å². The fraction of sp³-hybridized carbons (Fsp3) is 0.115. The predicted molar refractivity (Wildman–Crippen MR) is 152 cm³/mol. The summed E-state index contributed by atoms with van der Waals surface area (Å²) < 4.78 is 11.9. The van der Waals surface area contributed by atoms with E-state index in [1.165, 1.54) is 6.07 Å². The summed E-state index contributed by atoms with van der Waals surface area (Å²) in [6, 6.07) is 16.9. The minimum atomic E-state index is -0.499. The van der Waals surface area contributed by atoms with E-state index in [1.54, 1.807) is 60.7 Å². The topological polar surface area (TPSA) is 67.9 Å². The smallest absolute Gasteiger partial charge is 0.285 e. The van der Waals surface area contributed by atoms with E-state index in [0.717, 1.165) is 22.3 Å². The normalized spacial score (nSPS) is 14.3. The van der Waals surface area contributed by atoms with E-state index in [4.69, 9.17) is 56.5 Å². The molecule has 0 aromatic heterocycles. The van der Waals surface area contributed by atoms with Gasteiger partial charge in [0.1, 0.15) is 6.61 Å². The number of hydrogen-bond acceptors (Lipinski definition) is 6. The molecule has 0 aliphatic carbocycles. The molecule has 4 rings (SSSR count). The van der Waals surface area contributed by atoms with E-state index in [0.29, 0.717) is 49.2 Å². The van der Waals surface area contributed by atoms with Gasteiger partial charge >= 0.3 is 0 Å². The first-order valence-electron chi connectivity index (χ1n) is 10.9. The number of nitrogens with one attached hydrogen (secondary N) is 1. The van der Waals surface area contributed by atoms with Gasteiger partial charge in [0.15, 0.2) is 15.8 Å². The molecule has 0 saturated carbocycles. The summed E-state index contributed by atoms with van der Waals surface area (Å²) in [7, 11) is 0. The molecule has 1 aliphatic rings. The fourth-order valence-corrected chi connectivity index (χ4v) is 5.14. The number of carbonyl (C=O) groups is 2. The van der Waals surface area contributed by atoms with Crippen molar-refractivity contribution in [3.8, 4) is 11.5 Å². The Morgan fingerprint density at radius 2 is 1.81 bits per heavy atom. The van der Waals surface area contributed by atoms with Crippen LogP contribution >= 0.6 is 58.8 Å². The maximum Gasteiger partial charge on any atom is 0.285 e. The molecular weight excluding hydrogens is 575 g/mol. The molecule has 0 atom stereocenters. The lowest BCUT2D eigenvalue weighted by atomic mass is 10.1. The molecule has 0 unspecified atom stereocenters. The molecule has 190 valence electrons. The summed E-state index contributed by atoms with van der Waals surface area (Å²) in [5.41, 5.74) is 4.32. The Morgan fingerprint density at radius 1 is 1.03 bits per heavy atom. The minimum absolute atomic E-state index is 0.205. The van der Waals surface area contributed by atoms with Crippen LogP contribution < -0.4 is 14.9 Å². The molecule has 1 fully saturated rings. The first-order chi connectivity index (χ1) is 17.7. The third-order valence-electron chi connectivity index (χ3n) is 5.06. The van der Waals surface area contributed by atoms with Crippen LogP contribution in [0.5, 0.6) is 11.5 Å². The number of hydrazine groups is 1. The van der Waals surface area contributed by atoms with E-state index in [-0.39, 0.29) is 10.9 Å². The zero-order valence-electron chi connectivity index (χ0n) is 19.3. The van der Waals surface area contributed by atoms with Gasteiger partial charge in [-0.05, 0) is 73.2 Å². The van der Waals surface area contributed by atoms with Crippen molar-refractivity contribution < 1.29 is 19.1 Å². The van der Waals surface area contributed by atoms with Gasteiger partial charge in [0, 0.05) is 26.2 Å². The van der Waals surface area contributed by atoms with E-state index in [2.05, 4.69) is 5.43 Å². The van der Waals surface area contributed by atoms with Crippen molar-refractivity contribution in [1.82, 2.24) is 10.4 Å². The number of halogens is 3. The number of rotatable bonds is 8. The highest BCUT2D eigenvalue weighted by atomic mass is 35.5. The second kappa shape index (κ2) is 12.2. The number of amides is 2. The molecule has 1 aliphatic heterocycles. The van der Waals surface area contributed by atoms with Gasteiger partial charge in [-0.3, -0.25) is 15.0 Å². The third-order valence-corrected chi connectivity index (χ3v) is 7.18. The highest BCUT2D eigenvalue weighted by Gasteiger charge is 2.34.